The van der Waals surface area contributed by atoms with Crippen molar-refractivity contribution in [3.8, 4) is 0 Å². The minimum atomic E-state index is -0.191. The van der Waals surface area contributed by atoms with E-state index in [-0.39, 0.29) is 11.8 Å². The van der Waals surface area contributed by atoms with E-state index in [0.29, 0.717) is 23.4 Å². The van der Waals surface area contributed by atoms with Crippen molar-refractivity contribution < 1.29 is 9.59 Å². The van der Waals surface area contributed by atoms with Gasteiger partial charge >= 0.3 is 0 Å². The number of hydrogen-bond donors (Lipinski definition) is 2. The van der Waals surface area contributed by atoms with Crippen LogP contribution in [0.1, 0.15) is 60.2 Å². The van der Waals surface area contributed by atoms with Crippen molar-refractivity contribution in [2.45, 2.75) is 49.3 Å². The van der Waals surface area contributed by atoms with Crippen LogP contribution in [0.4, 0.5) is 5.69 Å². The molecule has 0 radical (unpaired) electrons. The highest BCUT2D eigenvalue weighted by Gasteiger charge is 2.21. The molecule has 0 atom stereocenters. The molecule has 8 heteroatoms. The molecular weight excluding hydrogens is 476 g/mol. The quantitative estimate of drug-likeness (QED) is 0.430. The lowest BCUT2D eigenvalue weighted by molar-refractivity contribution is 0.0956. The number of thioether (sulfide) groups is 1. The summed E-state index contributed by atoms with van der Waals surface area (Å²) in [4.78, 5) is 34.6. The number of benzene rings is 2. The monoisotopic (exact) mass is 510 g/mol. The van der Waals surface area contributed by atoms with E-state index in [2.05, 4.69) is 27.2 Å². The molecule has 0 aliphatic carbocycles. The van der Waals surface area contributed by atoms with Crippen molar-refractivity contribution in [1.82, 2.24) is 10.2 Å². The molecule has 2 aliphatic heterocycles. The number of carbonyl (C=O) groups excluding carboxylic acids is 2. The van der Waals surface area contributed by atoms with Crippen molar-refractivity contribution in [2.24, 2.45) is 4.99 Å². The summed E-state index contributed by atoms with van der Waals surface area (Å²) < 4.78 is 0. The Morgan fingerprint density at radius 1 is 1.14 bits per heavy atom. The lowest BCUT2D eigenvalue weighted by Crippen LogP contribution is -2.27. The predicted molar refractivity (Wildman–Crippen MR) is 149 cm³/mol. The van der Waals surface area contributed by atoms with Gasteiger partial charge < -0.3 is 10.6 Å². The maximum Gasteiger partial charge on any atom is 0.256 e. The number of carbonyl (C=O) groups is 2. The first-order valence-electron chi connectivity index (χ1n) is 12.1. The average Bonchev–Trinajstić information content (AvgIpc) is 3.23. The number of fused-ring (bicyclic) bond motifs is 2. The Kier molecular flexibility index (Phi) is 10.9. The molecule has 186 valence electrons. The van der Waals surface area contributed by atoms with Gasteiger partial charge in [-0.15, -0.1) is 11.8 Å². The predicted octanol–water partition coefficient (Wildman–Crippen LogP) is 6.27. The second-order valence-corrected chi connectivity index (χ2v) is 10.2. The van der Waals surface area contributed by atoms with Crippen LogP contribution in [0.25, 0.3) is 0 Å². The lowest BCUT2D eigenvalue weighted by atomic mass is 10.1. The third-order valence-corrected chi connectivity index (χ3v) is 7.90. The topological polar surface area (TPSA) is 73.8 Å². The van der Waals surface area contributed by atoms with Gasteiger partial charge in [0.1, 0.15) is 0 Å². The molecule has 2 aliphatic rings. The van der Waals surface area contributed by atoms with Gasteiger partial charge in [-0.25, -0.2) is 0 Å². The Labute approximate surface area is 217 Å². The molecular formula is C27H34N4O2S2. The van der Waals surface area contributed by atoms with E-state index in [1.807, 2.05) is 44.2 Å². The van der Waals surface area contributed by atoms with E-state index in [1.165, 1.54) is 37.4 Å². The Morgan fingerprint density at radius 2 is 1.89 bits per heavy atom. The van der Waals surface area contributed by atoms with Gasteiger partial charge in [0, 0.05) is 32.3 Å². The first-order valence-corrected chi connectivity index (χ1v) is 13.9. The molecule has 0 aromatic heterocycles. The van der Waals surface area contributed by atoms with Gasteiger partial charge in [-0.1, -0.05) is 50.6 Å². The first-order chi connectivity index (χ1) is 17.1. The van der Waals surface area contributed by atoms with Crippen LogP contribution in [0, 0.1) is 0 Å². The van der Waals surface area contributed by atoms with Crippen molar-refractivity contribution in [3.05, 3.63) is 64.7 Å². The van der Waals surface area contributed by atoms with Crippen molar-refractivity contribution in [2.75, 3.05) is 30.8 Å². The van der Waals surface area contributed by atoms with Gasteiger partial charge in [0.2, 0.25) is 0 Å². The Bertz CT molecular complexity index is 1060. The zero-order chi connectivity index (χ0) is 25.0. The fourth-order valence-electron chi connectivity index (χ4n) is 3.85. The molecule has 35 heavy (non-hydrogen) atoms. The molecule has 2 N–H and O–H groups in total. The first kappa shape index (κ1) is 27.0. The fourth-order valence-corrected chi connectivity index (χ4v) is 5.79. The van der Waals surface area contributed by atoms with E-state index in [4.69, 9.17) is 0 Å². The van der Waals surface area contributed by atoms with Gasteiger partial charge in [0.25, 0.3) is 11.8 Å². The number of hydrogen-bond acceptors (Lipinski definition) is 6. The number of nitrogens with one attached hydrogen (secondary N) is 2. The van der Waals surface area contributed by atoms with Gasteiger partial charge in [-0.05, 0) is 63.0 Å². The standard InChI is InChI=1S/C25H28N4O2S2.C2H6/c1-26-15-19(32-17-29-12-6-2-3-7-13-29)16-27-24(30)18-10-11-23-21(14-18)28-25(31)20-8-4-5-9-22(20)33-23;1-2/h4-5,8-11,14-15H,1-3,6-7,12-13,16-17H2,(H,27,30)(H,28,31);1-2H3/b19-15-;. The summed E-state index contributed by atoms with van der Waals surface area (Å²) in [5, 5.41) is 5.92. The minimum Gasteiger partial charge on any atom is -0.347 e. The Balaban J connectivity index is 0.00000167. The third kappa shape index (κ3) is 7.72. The van der Waals surface area contributed by atoms with Crippen LogP contribution < -0.4 is 10.6 Å². The number of likely N-dealkylation sites (tertiary alicyclic amines) is 1. The van der Waals surface area contributed by atoms with Crippen LogP contribution in [-0.2, 0) is 0 Å². The van der Waals surface area contributed by atoms with Gasteiger partial charge in [0.15, 0.2) is 0 Å². The number of nitrogens with zero attached hydrogens (tertiary/aromatic N) is 2. The maximum atomic E-state index is 12.9. The van der Waals surface area contributed by atoms with Crippen molar-refractivity contribution in [3.63, 3.8) is 0 Å². The van der Waals surface area contributed by atoms with E-state index < -0.39 is 0 Å². The number of anilines is 1. The largest absolute Gasteiger partial charge is 0.347 e. The molecule has 4 rings (SSSR count). The second-order valence-electron chi connectivity index (χ2n) is 8.03. The number of amides is 2. The van der Waals surface area contributed by atoms with E-state index in [1.54, 1.807) is 30.1 Å². The van der Waals surface area contributed by atoms with Gasteiger partial charge in [-0.3, -0.25) is 19.5 Å². The zero-order valence-corrected chi connectivity index (χ0v) is 22.1. The summed E-state index contributed by atoms with van der Waals surface area (Å²) in [6, 6.07) is 12.9. The molecule has 1 fully saturated rings. The van der Waals surface area contributed by atoms with Crippen LogP contribution in [0.3, 0.4) is 0 Å². The smallest absolute Gasteiger partial charge is 0.256 e. The summed E-state index contributed by atoms with van der Waals surface area (Å²) in [5.74, 6) is 0.533. The lowest BCUT2D eigenvalue weighted by Gasteiger charge is -2.20. The number of rotatable bonds is 7. The molecule has 2 aromatic rings. The van der Waals surface area contributed by atoms with Gasteiger partial charge in [-0.2, -0.15) is 0 Å². The zero-order valence-electron chi connectivity index (χ0n) is 20.5. The van der Waals surface area contributed by atoms with Crippen molar-refractivity contribution in [1.29, 1.82) is 0 Å². The molecule has 1 saturated heterocycles. The van der Waals surface area contributed by atoms with E-state index in [0.717, 1.165) is 33.7 Å². The molecule has 0 bridgehead atoms. The minimum absolute atomic E-state index is 0.165. The van der Waals surface area contributed by atoms with Crippen LogP contribution >= 0.6 is 23.5 Å². The van der Waals surface area contributed by atoms with E-state index >= 15 is 0 Å². The molecule has 2 aromatic carbocycles. The summed E-state index contributed by atoms with van der Waals surface area (Å²) in [5.41, 5.74) is 1.79. The second kappa shape index (κ2) is 14.1. The molecule has 0 saturated carbocycles. The highest BCUT2D eigenvalue weighted by atomic mass is 32.2. The summed E-state index contributed by atoms with van der Waals surface area (Å²) >= 11 is 3.22. The molecule has 6 nitrogen and oxygen atoms in total. The Hall–Kier alpha value is -2.55. The summed E-state index contributed by atoms with van der Waals surface area (Å²) in [6.45, 7) is 10.2. The molecule has 0 unspecified atom stereocenters. The highest BCUT2D eigenvalue weighted by molar-refractivity contribution is 8.03. The SMILES string of the molecule is C=N/C=C(/CNC(=O)c1ccc2c(c1)NC(=O)c1ccccc1S2)SCN1CCCCCC1.CC. The maximum absolute atomic E-state index is 12.9. The van der Waals surface area contributed by atoms with Crippen molar-refractivity contribution >= 4 is 47.7 Å². The molecule has 2 heterocycles. The highest BCUT2D eigenvalue weighted by Crippen LogP contribution is 2.39. The van der Waals surface area contributed by atoms with Gasteiger partial charge in [0.05, 0.1) is 17.8 Å². The molecule has 0 spiro atoms. The van der Waals surface area contributed by atoms with Crippen LogP contribution in [0.5, 0.6) is 0 Å². The third-order valence-electron chi connectivity index (χ3n) is 5.63. The molecule has 2 amide bonds. The van der Waals surface area contributed by atoms with Crippen LogP contribution in [0.2, 0.25) is 0 Å². The summed E-state index contributed by atoms with van der Waals surface area (Å²) in [7, 11) is 0. The fraction of sp³-hybridized carbons (Fsp3) is 0.370. The Morgan fingerprint density at radius 3 is 2.63 bits per heavy atom. The normalized spacial score (nSPS) is 15.8. The number of aliphatic imine (C=N–C) groups is 1. The summed E-state index contributed by atoms with van der Waals surface area (Å²) in [6.07, 6.45) is 6.82. The van der Waals surface area contributed by atoms with Crippen LogP contribution in [-0.4, -0.2) is 48.9 Å². The van der Waals surface area contributed by atoms with Crippen LogP contribution in [0.15, 0.2) is 68.4 Å². The van der Waals surface area contributed by atoms with E-state index in [9.17, 15) is 9.59 Å². The average molecular weight is 511 g/mol.